The van der Waals surface area contributed by atoms with Crippen LogP contribution in [0.5, 0.6) is 0 Å². The average Bonchev–Trinajstić information content (AvgIpc) is 3.20. The first-order valence-corrected chi connectivity index (χ1v) is 12.2. The van der Waals surface area contributed by atoms with Crippen molar-refractivity contribution in [2.45, 2.75) is 91.7 Å². The summed E-state index contributed by atoms with van der Waals surface area (Å²) in [7, 11) is 0. The lowest BCUT2D eigenvalue weighted by Crippen LogP contribution is -2.54. The zero-order valence-corrected chi connectivity index (χ0v) is 19.2. The van der Waals surface area contributed by atoms with Crippen LogP contribution in [0.2, 0.25) is 0 Å². The first kappa shape index (κ1) is 20.5. The zero-order valence-electron chi connectivity index (χ0n) is 19.2. The Morgan fingerprint density at radius 3 is 2.73 bits per heavy atom. The highest BCUT2D eigenvalue weighted by atomic mass is 16.3. The topological polar surface area (TPSA) is 55.1 Å². The number of aromatic nitrogens is 2. The van der Waals surface area contributed by atoms with Gasteiger partial charge in [-0.25, -0.2) is 0 Å². The van der Waals surface area contributed by atoms with E-state index in [0.29, 0.717) is 29.0 Å². The molecular weight excluding hydrogens is 372 g/mol. The molecule has 164 valence electrons. The van der Waals surface area contributed by atoms with Gasteiger partial charge in [0.15, 0.2) is 5.78 Å². The summed E-state index contributed by atoms with van der Waals surface area (Å²) in [4.78, 5) is 13.6. The molecule has 1 aromatic rings. The minimum Gasteiger partial charge on any atom is -0.393 e. The maximum Gasteiger partial charge on any atom is 0.165 e. The molecule has 4 fully saturated rings. The van der Waals surface area contributed by atoms with E-state index in [9.17, 15) is 9.90 Å². The standard InChI is InChI=1S/C26H38N2O2/c1-5-28-15-18(16(2)27-28)12-17-13-23-21-7-6-19-14-20(29)8-10-25(19,3)22(21)9-11-26(23,4)24(17)30/h12,15,19-23,29H,5-11,13-14H2,1-4H3/b17-12+/t19-,20+,21-,22+,23+,25-,26+/m0/s1. The maximum atomic E-state index is 13.6. The molecule has 0 spiro atoms. The van der Waals surface area contributed by atoms with Gasteiger partial charge in [0, 0.05) is 23.7 Å². The van der Waals surface area contributed by atoms with Gasteiger partial charge in [0.05, 0.1) is 11.8 Å². The van der Waals surface area contributed by atoms with Crippen LogP contribution in [0, 0.1) is 41.4 Å². The lowest BCUT2D eigenvalue weighted by Gasteiger charge is -2.59. The van der Waals surface area contributed by atoms with Gasteiger partial charge in [-0.15, -0.1) is 0 Å². The third-order valence-corrected chi connectivity index (χ3v) is 9.92. The molecular formula is C26H38N2O2. The number of rotatable bonds is 2. The number of Topliss-reactive ketones (excluding diaryl/α,β-unsaturated/α-hetero) is 1. The summed E-state index contributed by atoms with van der Waals surface area (Å²) in [5, 5.41) is 14.8. The SMILES string of the molecule is CCn1cc(/C=C2\C[C@@H]3[C@H]4CC[C@H]5C[C@H](O)CC[C@]5(C)[C@@H]4CC[C@@]3(C)C2=O)c(C)n1. The van der Waals surface area contributed by atoms with Gasteiger partial charge in [0.1, 0.15) is 0 Å². The number of ketones is 1. The van der Waals surface area contributed by atoms with Crippen LogP contribution in [0.15, 0.2) is 11.8 Å². The minimum absolute atomic E-state index is 0.0941. The number of allylic oxidation sites excluding steroid dienone is 1. The van der Waals surface area contributed by atoms with E-state index in [1.807, 2.05) is 11.6 Å². The lowest BCUT2D eigenvalue weighted by molar-refractivity contribution is -0.141. The van der Waals surface area contributed by atoms with Crippen molar-refractivity contribution >= 4 is 11.9 Å². The van der Waals surface area contributed by atoms with Crippen molar-refractivity contribution in [1.29, 1.82) is 0 Å². The first-order valence-electron chi connectivity index (χ1n) is 12.2. The predicted molar refractivity (Wildman–Crippen MR) is 119 cm³/mol. The molecule has 1 N–H and O–H groups in total. The van der Waals surface area contributed by atoms with Crippen LogP contribution in [-0.4, -0.2) is 26.8 Å². The van der Waals surface area contributed by atoms with Crippen LogP contribution in [0.4, 0.5) is 0 Å². The molecule has 0 saturated heterocycles. The number of carbonyl (C=O) groups excluding carboxylic acids is 1. The van der Waals surface area contributed by atoms with Crippen LogP contribution >= 0.6 is 0 Å². The summed E-state index contributed by atoms with van der Waals surface area (Å²) in [6, 6.07) is 0. The van der Waals surface area contributed by atoms with E-state index in [-0.39, 0.29) is 11.5 Å². The van der Waals surface area contributed by atoms with Crippen molar-refractivity contribution in [3.63, 3.8) is 0 Å². The van der Waals surface area contributed by atoms with Crippen molar-refractivity contribution in [2.24, 2.45) is 34.5 Å². The molecule has 0 bridgehead atoms. The second-order valence-corrected chi connectivity index (χ2v) is 11.3. The number of hydrogen-bond acceptors (Lipinski definition) is 3. The fraction of sp³-hybridized carbons (Fsp3) is 0.769. The van der Waals surface area contributed by atoms with Crippen molar-refractivity contribution in [1.82, 2.24) is 9.78 Å². The molecule has 0 aromatic carbocycles. The highest BCUT2D eigenvalue weighted by molar-refractivity contribution is 6.06. The molecule has 30 heavy (non-hydrogen) atoms. The molecule has 4 saturated carbocycles. The molecule has 7 atom stereocenters. The van der Waals surface area contributed by atoms with Gasteiger partial charge < -0.3 is 5.11 Å². The summed E-state index contributed by atoms with van der Waals surface area (Å²) in [6.45, 7) is 9.78. The van der Waals surface area contributed by atoms with Gasteiger partial charge in [-0.3, -0.25) is 9.48 Å². The Bertz CT molecular complexity index is 886. The Hall–Kier alpha value is -1.42. The smallest absolute Gasteiger partial charge is 0.165 e. The highest BCUT2D eigenvalue weighted by Crippen LogP contribution is 2.66. The number of aliphatic hydroxyl groups is 1. The van der Waals surface area contributed by atoms with E-state index < -0.39 is 0 Å². The molecule has 1 aromatic heterocycles. The minimum atomic E-state index is -0.182. The molecule has 0 radical (unpaired) electrons. The number of aliphatic hydroxyl groups excluding tert-OH is 1. The largest absolute Gasteiger partial charge is 0.393 e. The van der Waals surface area contributed by atoms with Crippen LogP contribution in [0.3, 0.4) is 0 Å². The fourth-order valence-electron chi connectivity index (χ4n) is 8.06. The van der Waals surface area contributed by atoms with Crippen LogP contribution in [-0.2, 0) is 11.3 Å². The number of hydrogen-bond donors (Lipinski definition) is 1. The Balaban J connectivity index is 1.45. The van der Waals surface area contributed by atoms with Crippen LogP contribution < -0.4 is 0 Å². The van der Waals surface area contributed by atoms with Gasteiger partial charge in [-0.1, -0.05) is 13.8 Å². The van der Waals surface area contributed by atoms with E-state index >= 15 is 0 Å². The van der Waals surface area contributed by atoms with Gasteiger partial charge in [-0.05, 0) is 106 Å². The van der Waals surface area contributed by atoms with E-state index in [0.717, 1.165) is 61.4 Å². The van der Waals surface area contributed by atoms with Crippen molar-refractivity contribution < 1.29 is 9.90 Å². The molecule has 0 amide bonds. The summed E-state index contributed by atoms with van der Waals surface area (Å²) in [5.74, 6) is 2.94. The Labute approximate surface area is 181 Å². The molecule has 4 aliphatic carbocycles. The normalized spacial score (nSPS) is 44.6. The quantitative estimate of drug-likeness (QED) is 0.684. The van der Waals surface area contributed by atoms with Crippen molar-refractivity contribution in [2.75, 3.05) is 0 Å². The van der Waals surface area contributed by atoms with E-state index in [2.05, 4.69) is 38.1 Å². The monoisotopic (exact) mass is 410 g/mol. The van der Waals surface area contributed by atoms with Gasteiger partial charge >= 0.3 is 0 Å². The maximum absolute atomic E-state index is 13.6. The molecule has 1 heterocycles. The van der Waals surface area contributed by atoms with Crippen LogP contribution in [0.25, 0.3) is 6.08 Å². The van der Waals surface area contributed by atoms with Crippen molar-refractivity contribution in [3.05, 3.63) is 23.0 Å². The Morgan fingerprint density at radius 2 is 2.00 bits per heavy atom. The predicted octanol–water partition coefficient (Wildman–Crippen LogP) is 5.18. The average molecular weight is 411 g/mol. The van der Waals surface area contributed by atoms with Gasteiger partial charge in [-0.2, -0.15) is 5.10 Å². The highest BCUT2D eigenvalue weighted by Gasteiger charge is 2.61. The first-order chi connectivity index (χ1) is 14.3. The number of aryl methyl sites for hydroxylation is 2. The summed E-state index contributed by atoms with van der Waals surface area (Å²) in [5.41, 5.74) is 3.34. The number of carbonyl (C=O) groups is 1. The second-order valence-electron chi connectivity index (χ2n) is 11.3. The second kappa shape index (κ2) is 7.05. The fourth-order valence-corrected chi connectivity index (χ4v) is 8.06. The number of nitrogens with zero attached hydrogens (tertiary/aromatic N) is 2. The Morgan fingerprint density at radius 1 is 1.20 bits per heavy atom. The third-order valence-electron chi connectivity index (χ3n) is 9.92. The summed E-state index contributed by atoms with van der Waals surface area (Å²) < 4.78 is 1.96. The summed E-state index contributed by atoms with van der Waals surface area (Å²) in [6.07, 6.45) is 12.9. The van der Waals surface area contributed by atoms with E-state index in [1.165, 1.54) is 19.3 Å². The molecule has 4 heteroatoms. The zero-order chi connectivity index (χ0) is 21.3. The molecule has 5 rings (SSSR count). The van der Waals surface area contributed by atoms with Crippen LogP contribution in [0.1, 0.15) is 83.4 Å². The third kappa shape index (κ3) is 2.89. The lowest BCUT2D eigenvalue weighted by atomic mass is 9.45. The number of fused-ring (bicyclic) bond motifs is 5. The van der Waals surface area contributed by atoms with Gasteiger partial charge in [0.25, 0.3) is 0 Å². The molecule has 0 aliphatic heterocycles. The summed E-state index contributed by atoms with van der Waals surface area (Å²) >= 11 is 0. The molecule has 4 aliphatic rings. The Kier molecular flexibility index (Phi) is 4.81. The van der Waals surface area contributed by atoms with E-state index in [4.69, 9.17) is 0 Å². The van der Waals surface area contributed by atoms with E-state index in [1.54, 1.807) is 0 Å². The van der Waals surface area contributed by atoms with Gasteiger partial charge in [0.2, 0.25) is 0 Å². The molecule has 4 nitrogen and oxygen atoms in total. The molecule has 0 unspecified atom stereocenters. The van der Waals surface area contributed by atoms with Crippen molar-refractivity contribution in [3.8, 4) is 0 Å².